The molecular weight excluding hydrogens is 451 g/mol. The number of carbonyl (C=O) groups is 1. The Labute approximate surface area is 172 Å². The predicted molar refractivity (Wildman–Crippen MR) is 107 cm³/mol. The molecule has 0 saturated carbocycles. The fourth-order valence-electron chi connectivity index (χ4n) is 2.67. The van der Waals surface area contributed by atoms with Gasteiger partial charge < -0.3 is 0 Å². The molecule has 9 heteroatoms. The summed E-state index contributed by atoms with van der Waals surface area (Å²) in [5.41, 5.74) is 4.29. The number of nitrogens with one attached hydrogen (secondary N) is 2. The number of carbonyl (C=O) groups excluding carboxylic acids is 1. The van der Waals surface area contributed by atoms with Crippen LogP contribution in [0.3, 0.4) is 0 Å². The number of nitrogens with zero attached hydrogens (tertiary/aromatic N) is 1. The van der Waals surface area contributed by atoms with E-state index in [0.29, 0.717) is 11.4 Å². The van der Waals surface area contributed by atoms with E-state index >= 15 is 0 Å². The van der Waals surface area contributed by atoms with Gasteiger partial charge in [-0.3, -0.25) is 25.0 Å². The molecule has 0 fully saturated rings. The van der Waals surface area contributed by atoms with Crippen LogP contribution in [0.4, 0.5) is 18.9 Å². The number of pyridine rings is 1. The number of hydrogen-bond acceptors (Lipinski definition) is 3. The summed E-state index contributed by atoms with van der Waals surface area (Å²) >= 11 is 3.30. The molecule has 0 saturated heterocycles. The second-order valence-corrected chi connectivity index (χ2v) is 7.08. The molecule has 0 aliphatic heterocycles. The van der Waals surface area contributed by atoms with Crippen molar-refractivity contribution >= 4 is 27.5 Å². The first-order valence-corrected chi connectivity index (χ1v) is 9.18. The Bertz CT molecular complexity index is 1110. The molecule has 0 atom stereocenters. The van der Waals surface area contributed by atoms with E-state index in [9.17, 15) is 22.8 Å². The van der Waals surface area contributed by atoms with Crippen molar-refractivity contribution < 1.29 is 18.0 Å². The Morgan fingerprint density at radius 2 is 1.72 bits per heavy atom. The van der Waals surface area contributed by atoms with Crippen molar-refractivity contribution in [1.29, 1.82) is 0 Å². The Balaban J connectivity index is 1.92. The molecule has 2 aromatic carbocycles. The first-order valence-electron chi connectivity index (χ1n) is 8.39. The molecule has 29 heavy (non-hydrogen) atoms. The monoisotopic (exact) mass is 465 g/mol. The van der Waals surface area contributed by atoms with E-state index in [-0.39, 0.29) is 11.3 Å². The van der Waals surface area contributed by atoms with Crippen LogP contribution in [-0.2, 0) is 6.18 Å². The van der Waals surface area contributed by atoms with Crippen molar-refractivity contribution in [3.05, 3.63) is 92.3 Å². The van der Waals surface area contributed by atoms with Gasteiger partial charge in [-0.05, 0) is 61.5 Å². The van der Waals surface area contributed by atoms with Crippen LogP contribution >= 0.6 is 15.9 Å². The van der Waals surface area contributed by atoms with Crippen LogP contribution in [0, 0.1) is 6.92 Å². The number of alkyl halides is 3. The summed E-state index contributed by atoms with van der Waals surface area (Å²) in [5, 5.41) is 0. The van der Waals surface area contributed by atoms with Gasteiger partial charge in [-0.15, -0.1) is 0 Å². The molecule has 1 heterocycles. The van der Waals surface area contributed by atoms with E-state index in [0.717, 1.165) is 21.2 Å². The van der Waals surface area contributed by atoms with Gasteiger partial charge in [0.05, 0.1) is 11.3 Å². The number of aryl methyl sites for hydroxylation is 1. The number of anilines is 1. The molecule has 0 spiro atoms. The Kier molecular flexibility index (Phi) is 5.78. The highest BCUT2D eigenvalue weighted by Gasteiger charge is 2.30. The fraction of sp³-hybridized carbons (Fsp3) is 0.100. The highest BCUT2D eigenvalue weighted by atomic mass is 79.9. The third-order valence-corrected chi connectivity index (χ3v) is 4.65. The zero-order valence-corrected chi connectivity index (χ0v) is 16.6. The summed E-state index contributed by atoms with van der Waals surface area (Å²) in [7, 11) is 0. The number of hydrogen-bond donors (Lipinski definition) is 2. The van der Waals surface area contributed by atoms with Gasteiger partial charge in [-0.25, -0.2) is 0 Å². The SMILES string of the molecule is Cc1ccc(C(=O)NNc2ccc(Br)cc2)c(=O)n1-c1cccc(C(F)(F)F)c1. The number of amides is 1. The van der Waals surface area contributed by atoms with Crippen molar-refractivity contribution in [2.75, 3.05) is 5.43 Å². The van der Waals surface area contributed by atoms with Gasteiger partial charge in [0.2, 0.25) is 0 Å². The van der Waals surface area contributed by atoms with Crippen LogP contribution in [0.15, 0.2) is 69.9 Å². The predicted octanol–water partition coefficient (Wildman–Crippen LogP) is 4.68. The minimum Gasteiger partial charge on any atom is -0.298 e. The van der Waals surface area contributed by atoms with Crippen molar-refractivity contribution in [3.63, 3.8) is 0 Å². The maximum absolute atomic E-state index is 13.0. The maximum Gasteiger partial charge on any atom is 0.416 e. The normalized spacial score (nSPS) is 11.2. The van der Waals surface area contributed by atoms with E-state index in [1.807, 2.05) is 0 Å². The van der Waals surface area contributed by atoms with Crippen LogP contribution in [0.1, 0.15) is 21.6 Å². The van der Waals surface area contributed by atoms with Gasteiger partial charge in [0, 0.05) is 15.9 Å². The Morgan fingerprint density at radius 3 is 2.38 bits per heavy atom. The lowest BCUT2D eigenvalue weighted by atomic mass is 10.1. The molecular formula is C20H15BrF3N3O2. The van der Waals surface area contributed by atoms with Crippen LogP contribution in [0.25, 0.3) is 5.69 Å². The summed E-state index contributed by atoms with van der Waals surface area (Å²) in [5.74, 6) is -0.710. The lowest BCUT2D eigenvalue weighted by Crippen LogP contribution is -2.36. The molecule has 0 aliphatic rings. The summed E-state index contributed by atoms with van der Waals surface area (Å²) in [6.07, 6.45) is -4.54. The fourth-order valence-corrected chi connectivity index (χ4v) is 2.94. The van der Waals surface area contributed by atoms with E-state index in [1.165, 1.54) is 24.3 Å². The van der Waals surface area contributed by atoms with Crippen molar-refractivity contribution in [1.82, 2.24) is 9.99 Å². The highest BCUT2D eigenvalue weighted by Crippen LogP contribution is 2.30. The third-order valence-electron chi connectivity index (χ3n) is 4.12. The van der Waals surface area contributed by atoms with Gasteiger partial charge in [0.25, 0.3) is 11.5 Å². The largest absolute Gasteiger partial charge is 0.416 e. The first-order chi connectivity index (χ1) is 13.7. The van der Waals surface area contributed by atoms with Crippen molar-refractivity contribution in [3.8, 4) is 5.69 Å². The van der Waals surface area contributed by atoms with Crippen LogP contribution in [0.2, 0.25) is 0 Å². The van der Waals surface area contributed by atoms with Crippen LogP contribution in [0.5, 0.6) is 0 Å². The summed E-state index contributed by atoms with van der Waals surface area (Å²) in [6, 6.07) is 14.2. The van der Waals surface area contributed by atoms with E-state index < -0.39 is 23.2 Å². The second-order valence-electron chi connectivity index (χ2n) is 6.16. The average Bonchev–Trinajstić information content (AvgIpc) is 2.67. The minimum absolute atomic E-state index is 0.0258. The molecule has 0 unspecified atom stereocenters. The van der Waals surface area contributed by atoms with Crippen molar-refractivity contribution in [2.24, 2.45) is 0 Å². The highest BCUT2D eigenvalue weighted by molar-refractivity contribution is 9.10. The second kappa shape index (κ2) is 8.12. The van der Waals surface area contributed by atoms with Crippen LogP contribution < -0.4 is 16.4 Å². The van der Waals surface area contributed by atoms with Gasteiger partial charge in [0.1, 0.15) is 5.56 Å². The lowest BCUT2D eigenvalue weighted by molar-refractivity contribution is -0.137. The zero-order valence-electron chi connectivity index (χ0n) is 15.0. The molecule has 5 nitrogen and oxygen atoms in total. The lowest BCUT2D eigenvalue weighted by Gasteiger charge is -2.14. The summed E-state index contributed by atoms with van der Waals surface area (Å²) in [6.45, 7) is 1.57. The standard InChI is InChI=1S/C20H15BrF3N3O2/c1-12-5-10-17(18(28)26-25-15-8-6-14(21)7-9-15)19(29)27(12)16-4-2-3-13(11-16)20(22,23)24/h2-11,25H,1H3,(H,26,28). The molecule has 0 aliphatic carbocycles. The summed E-state index contributed by atoms with van der Waals surface area (Å²) in [4.78, 5) is 25.3. The smallest absolute Gasteiger partial charge is 0.298 e. The number of hydrazine groups is 1. The van der Waals surface area contributed by atoms with Gasteiger partial charge in [-0.2, -0.15) is 13.2 Å². The molecule has 1 amide bonds. The van der Waals surface area contributed by atoms with Crippen molar-refractivity contribution in [2.45, 2.75) is 13.1 Å². The third kappa shape index (κ3) is 4.68. The molecule has 0 bridgehead atoms. The molecule has 150 valence electrons. The minimum atomic E-state index is -4.54. The molecule has 0 radical (unpaired) electrons. The quantitative estimate of drug-likeness (QED) is 0.549. The topological polar surface area (TPSA) is 63.1 Å². The van der Waals surface area contributed by atoms with Gasteiger partial charge >= 0.3 is 6.18 Å². The van der Waals surface area contributed by atoms with E-state index in [2.05, 4.69) is 26.8 Å². The van der Waals surface area contributed by atoms with E-state index in [1.54, 1.807) is 31.2 Å². The number of aromatic nitrogens is 1. The Morgan fingerprint density at radius 1 is 1.03 bits per heavy atom. The van der Waals surface area contributed by atoms with E-state index in [4.69, 9.17) is 0 Å². The van der Waals surface area contributed by atoms with Gasteiger partial charge in [-0.1, -0.05) is 22.0 Å². The molecule has 3 rings (SSSR count). The Hall–Kier alpha value is -3.07. The molecule has 2 N–H and O–H groups in total. The zero-order chi connectivity index (χ0) is 21.2. The van der Waals surface area contributed by atoms with Crippen LogP contribution in [-0.4, -0.2) is 10.5 Å². The molecule has 1 aromatic heterocycles. The van der Waals surface area contributed by atoms with Gasteiger partial charge in [0.15, 0.2) is 0 Å². The number of benzene rings is 2. The first kappa shape index (κ1) is 20.7. The molecule has 3 aromatic rings. The summed E-state index contributed by atoms with van der Waals surface area (Å²) < 4.78 is 41.0. The maximum atomic E-state index is 13.0. The number of rotatable bonds is 4. The number of halogens is 4. The average molecular weight is 466 g/mol.